The second kappa shape index (κ2) is 7.56. The number of anilines is 1. The zero-order chi connectivity index (χ0) is 22.2. The molecule has 2 aromatic heterocycles. The molecule has 0 aliphatic rings. The van der Waals surface area contributed by atoms with Gasteiger partial charge >= 0.3 is 0 Å². The van der Waals surface area contributed by atoms with Crippen molar-refractivity contribution in [2.24, 2.45) is 7.05 Å². The Bertz CT molecular complexity index is 1220. The molecule has 30 heavy (non-hydrogen) atoms. The van der Waals surface area contributed by atoms with Crippen molar-refractivity contribution in [3.05, 3.63) is 53.0 Å². The number of nitrogens with one attached hydrogen (secondary N) is 2. The quantitative estimate of drug-likeness (QED) is 0.387. The maximum absolute atomic E-state index is 13.0. The zero-order valence-corrected chi connectivity index (χ0v) is 17.5. The number of aromatic nitrogens is 1. The third kappa shape index (κ3) is 3.72. The van der Waals surface area contributed by atoms with Crippen molar-refractivity contribution in [1.29, 1.82) is 0 Å². The number of fused-ring (bicyclic) bond motifs is 1. The number of hydrogen-bond acceptors (Lipinski definition) is 4. The lowest BCUT2D eigenvalue weighted by Gasteiger charge is -2.18. The summed E-state index contributed by atoms with van der Waals surface area (Å²) in [6.07, 6.45) is 6.96. The van der Waals surface area contributed by atoms with Gasteiger partial charge in [0.2, 0.25) is 0 Å². The minimum absolute atomic E-state index is 0.193. The number of Topliss-reactive ketones (excluding diaryl/α,β-unsaturated/α-hetero) is 1. The normalized spacial score (nSPS) is 11.2. The average molecular weight is 405 g/mol. The van der Waals surface area contributed by atoms with Crippen LogP contribution in [0.5, 0.6) is 0 Å². The van der Waals surface area contributed by atoms with Crippen molar-refractivity contribution < 1.29 is 18.8 Å². The van der Waals surface area contributed by atoms with E-state index in [2.05, 4.69) is 16.6 Å². The Kier molecular flexibility index (Phi) is 5.27. The molecular formula is C23H23N3O4. The van der Waals surface area contributed by atoms with Crippen LogP contribution in [0, 0.1) is 26.2 Å². The number of nitrogens with zero attached hydrogens (tertiary/aromatic N) is 1. The summed E-state index contributed by atoms with van der Waals surface area (Å²) >= 11 is 0. The first-order chi connectivity index (χ1) is 14.1. The Hall–Kier alpha value is -3.79. The van der Waals surface area contributed by atoms with Crippen LogP contribution in [0.4, 0.5) is 5.69 Å². The van der Waals surface area contributed by atoms with Crippen LogP contribution in [0.1, 0.15) is 46.0 Å². The Morgan fingerprint density at radius 3 is 2.53 bits per heavy atom. The highest BCUT2D eigenvalue weighted by molar-refractivity contribution is 6.43. The second-order valence-corrected chi connectivity index (χ2v) is 7.67. The predicted molar refractivity (Wildman–Crippen MR) is 114 cm³/mol. The molecule has 0 spiro atoms. The van der Waals surface area contributed by atoms with Gasteiger partial charge in [-0.15, -0.1) is 6.42 Å². The molecule has 7 nitrogen and oxygen atoms in total. The number of furan rings is 1. The van der Waals surface area contributed by atoms with E-state index in [1.807, 2.05) is 0 Å². The van der Waals surface area contributed by atoms with Crippen molar-refractivity contribution in [3.63, 3.8) is 0 Å². The number of amides is 2. The summed E-state index contributed by atoms with van der Waals surface area (Å²) in [4.78, 5) is 38.2. The van der Waals surface area contributed by atoms with Gasteiger partial charge < -0.3 is 19.6 Å². The van der Waals surface area contributed by atoms with Gasteiger partial charge in [0.05, 0.1) is 17.4 Å². The van der Waals surface area contributed by atoms with Crippen LogP contribution in [-0.4, -0.2) is 27.7 Å². The van der Waals surface area contributed by atoms with Gasteiger partial charge in [-0.05, 0) is 57.5 Å². The molecule has 0 saturated heterocycles. The molecule has 3 rings (SSSR count). The maximum atomic E-state index is 13.0. The van der Waals surface area contributed by atoms with Crippen LogP contribution in [0.3, 0.4) is 0 Å². The number of hydrogen-bond donors (Lipinski definition) is 2. The largest absolute Gasteiger partial charge is 0.464 e. The molecule has 0 unspecified atom stereocenters. The molecule has 0 aliphatic heterocycles. The lowest BCUT2D eigenvalue weighted by Crippen LogP contribution is -2.45. The summed E-state index contributed by atoms with van der Waals surface area (Å²) in [5, 5.41) is 6.22. The molecule has 1 aromatic carbocycles. The highest BCUT2D eigenvalue weighted by Gasteiger charge is 2.30. The van der Waals surface area contributed by atoms with E-state index in [0.717, 1.165) is 5.39 Å². The van der Waals surface area contributed by atoms with Gasteiger partial charge in [0.15, 0.2) is 0 Å². The number of terminal acetylenes is 1. The topological polar surface area (TPSA) is 93.3 Å². The smallest absolute Gasteiger partial charge is 0.293 e. The molecule has 7 heteroatoms. The molecule has 0 aliphatic carbocycles. The molecule has 2 heterocycles. The monoisotopic (exact) mass is 405 g/mol. The van der Waals surface area contributed by atoms with E-state index in [1.54, 1.807) is 69.8 Å². The van der Waals surface area contributed by atoms with Gasteiger partial charge in [0.25, 0.3) is 17.6 Å². The fourth-order valence-electron chi connectivity index (χ4n) is 3.36. The third-order valence-electron chi connectivity index (χ3n) is 5.08. The molecule has 0 atom stereocenters. The Balaban J connectivity index is 1.91. The minimum Gasteiger partial charge on any atom is -0.464 e. The van der Waals surface area contributed by atoms with E-state index in [9.17, 15) is 14.4 Å². The number of ketones is 1. The number of benzene rings is 1. The molecule has 0 bridgehead atoms. The summed E-state index contributed by atoms with van der Waals surface area (Å²) in [5.74, 6) is 0.489. The average Bonchev–Trinajstić information content (AvgIpc) is 3.23. The predicted octanol–water partition coefficient (Wildman–Crippen LogP) is 3.35. The van der Waals surface area contributed by atoms with E-state index in [-0.39, 0.29) is 11.5 Å². The highest BCUT2D eigenvalue weighted by atomic mass is 16.3. The fourth-order valence-corrected chi connectivity index (χ4v) is 3.36. The van der Waals surface area contributed by atoms with Gasteiger partial charge in [0.1, 0.15) is 11.3 Å². The molecule has 2 N–H and O–H groups in total. The van der Waals surface area contributed by atoms with E-state index in [1.165, 1.54) is 0 Å². The van der Waals surface area contributed by atoms with Crippen molar-refractivity contribution in [3.8, 4) is 12.3 Å². The highest BCUT2D eigenvalue weighted by Crippen LogP contribution is 2.25. The summed E-state index contributed by atoms with van der Waals surface area (Å²) < 4.78 is 6.91. The first kappa shape index (κ1) is 20.9. The molecule has 0 radical (unpaired) electrons. The lowest BCUT2D eigenvalue weighted by atomic mass is 10.0. The Morgan fingerprint density at radius 1 is 1.17 bits per heavy atom. The lowest BCUT2D eigenvalue weighted by molar-refractivity contribution is -0.118. The van der Waals surface area contributed by atoms with Crippen LogP contribution in [0.2, 0.25) is 0 Å². The van der Waals surface area contributed by atoms with Crippen molar-refractivity contribution in [2.75, 3.05) is 5.32 Å². The van der Waals surface area contributed by atoms with Crippen molar-refractivity contribution in [2.45, 2.75) is 33.2 Å². The molecular weight excluding hydrogens is 382 g/mol. The van der Waals surface area contributed by atoms with Crippen LogP contribution < -0.4 is 10.6 Å². The molecule has 0 fully saturated rings. The van der Waals surface area contributed by atoms with Crippen LogP contribution in [0.25, 0.3) is 11.0 Å². The summed E-state index contributed by atoms with van der Waals surface area (Å²) in [5.41, 5.74) is 1.78. The first-order valence-corrected chi connectivity index (χ1v) is 9.35. The standard InChI is InChI=1S/C23H23N3O4/c1-7-23(4,5)25-22(29)20(27)18-13(2)19(26(6)14(18)3)21(28)24-16-8-9-17-15(12-16)10-11-30-17/h1,8-12H,2-6H3,(H,24,28)(H,25,29). The number of rotatable bonds is 5. The summed E-state index contributed by atoms with van der Waals surface area (Å²) in [6, 6.07) is 7.09. The van der Waals surface area contributed by atoms with Gasteiger partial charge in [0, 0.05) is 23.8 Å². The maximum Gasteiger partial charge on any atom is 0.293 e. The number of carbonyl (C=O) groups is 3. The zero-order valence-electron chi connectivity index (χ0n) is 17.5. The third-order valence-corrected chi connectivity index (χ3v) is 5.08. The van der Waals surface area contributed by atoms with Gasteiger partial charge in [-0.3, -0.25) is 14.4 Å². The van der Waals surface area contributed by atoms with Gasteiger partial charge in [-0.2, -0.15) is 0 Å². The van der Waals surface area contributed by atoms with E-state index in [0.29, 0.717) is 28.2 Å². The Labute approximate surface area is 174 Å². The minimum atomic E-state index is -0.963. The van der Waals surface area contributed by atoms with E-state index in [4.69, 9.17) is 10.8 Å². The van der Waals surface area contributed by atoms with E-state index >= 15 is 0 Å². The first-order valence-electron chi connectivity index (χ1n) is 9.35. The SMILES string of the molecule is C#CC(C)(C)NC(=O)C(=O)c1c(C)c(C(=O)Nc2ccc3occc3c2)n(C)c1C. The summed E-state index contributed by atoms with van der Waals surface area (Å²) in [7, 11) is 1.68. The molecule has 3 aromatic rings. The van der Waals surface area contributed by atoms with Gasteiger partial charge in [-0.1, -0.05) is 5.92 Å². The molecule has 2 amide bonds. The number of carbonyl (C=O) groups excluding carboxylic acids is 3. The summed E-state index contributed by atoms with van der Waals surface area (Å²) in [6.45, 7) is 6.58. The second-order valence-electron chi connectivity index (χ2n) is 7.67. The Morgan fingerprint density at radius 2 is 1.87 bits per heavy atom. The van der Waals surface area contributed by atoms with Crippen molar-refractivity contribution >= 4 is 34.3 Å². The van der Waals surface area contributed by atoms with Crippen LogP contribution in [0.15, 0.2) is 34.9 Å². The fraction of sp³-hybridized carbons (Fsp3) is 0.261. The van der Waals surface area contributed by atoms with Gasteiger partial charge in [-0.25, -0.2) is 0 Å². The molecule has 0 saturated carbocycles. The van der Waals surface area contributed by atoms with Crippen LogP contribution >= 0.6 is 0 Å². The molecule has 154 valence electrons. The van der Waals surface area contributed by atoms with Crippen LogP contribution in [-0.2, 0) is 11.8 Å². The van der Waals surface area contributed by atoms with Crippen molar-refractivity contribution in [1.82, 2.24) is 9.88 Å². The van der Waals surface area contributed by atoms with E-state index < -0.39 is 17.2 Å².